The third-order valence-electron chi connectivity index (χ3n) is 3.63. The summed E-state index contributed by atoms with van der Waals surface area (Å²) in [5.74, 6) is 0. The molecular weight excluding hydrogens is 240 g/mol. The lowest BCUT2D eigenvalue weighted by Crippen LogP contribution is -1.83. The SMILES string of the molecule is C/C=C\C=C/c1cc2cc(C)ccc2c2ccccc12. The third kappa shape index (κ3) is 2.25. The minimum atomic E-state index is 1.27. The fourth-order valence-corrected chi connectivity index (χ4v) is 2.67. The average molecular weight is 258 g/mol. The molecule has 0 saturated carbocycles. The Bertz CT molecular complexity index is 820. The van der Waals surface area contributed by atoms with E-state index in [1.54, 1.807) is 0 Å². The number of allylic oxidation sites excluding steroid dienone is 3. The van der Waals surface area contributed by atoms with Crippen LogP contribution in [-0.2, 0) is 0 Å². The monoisotopic (exact) mass is 258 g/mol. The molecule has 0 spiro atoms. The maximum Gasteiger partial charge on any atom is -0.00994 e. The molecule has 0 bridgehead atoms. The van der Waals surface area contributed by atoms with Crippen LogP contribution in [0.5, 0.6) is 0 Å². The van der Waals surface area contributed by atoms with Crippen LogP contribution in [-0.4, -0.2) is 0 Å². The summed E-state index contributed by atoms with van der Waals surface area (Å²) in [7, 11) is 0. The Morgan fingerprint density at radius 3 is 2.40 bits per heavy atom. The van der Waals surface area contributed by atoms with Crippen LogP contribution in [0.25, 0.3) is 27.6 Å². The van der Waals surface area contributed by atoms with E-state index in [0.29, 0.717) is 0 Å². The molecule has 0 N–H and O–H groups in total. The van der Waals surface area contributed by atoms with Gasteiger partial charge in [0, 0.05) is 0 Å². The van der Waals surface area contributed by atoms with Gasteiger partial charge in [0.05, 0.1) is 0 Å². The second kappa shape index (κ2) is 5.34. The average Bonchev–Trinajstić information content (AvgIpc) is 2.47. The van der Waals surface area contributed by atoms with Crippen molar-refractivity contribution in [3.63, 3.8) is 0 Å². The van der Waals surface area contributed by atoms with E-state index >= 15 is 0 Å². The summed E-state index contributed by atoms with van der Waals surface area (Å²) in [6.07, 6.45) is 8.40. The lowest BCUT2D eigenvalue weighted by molar-refractivity contribution is 1.51. The maximum atomic E-state index is 2.28. The lowest BCUT2D eigenvalue weighted by atomic mass is 9.96. The van der Waals surface area contributed by atoms with E-state index < -0.39 is 0 Å². The van der Waals surface area contributed by atoms with Gasteiger partial charge in [0.15, 0.2) is 0 Å². The fourth-order valence-electron chi connectivity index (χ4n) is 2.67. The zero-order valence-electron chi connectivity index (χ0n) is 11.9. The summed E-state index contributed by atoms with van der Waals surface area (Å²) in [5.41, 5.74) is 2.58. The smallest absolute Gasteiger partial charge is 0.00994 e. The van der Waals surface area contributed by atoms with Gasteiger partial charge in [-0.1, -0.05) is 72.3 Å². The van der Waals surface area contributed by atoms with Crippen LogP contribution in [0, 0.1) is 6.92 Å². The van der Waals surface area contributed by atoms with E-state index in [1.165, 1.54) is 32.7 Å². The number of benzene rings is 3. The topological polar surface area (TPSA) is 0 Å². The van der Waals surface area contributed by atoms with Crippen LogP contribution in [0.15, 0.2) is 66.8 Å². The van der Waals surface area contributed by atoms with Crippen molar-refractivity contribution in [1.29, 1.82) is 0 Å². The first-order chi connectivity index (χ1) is 9.79. The number of aryl methyl sites for hydroxylation is 1. The number of hydrogen-bond donors (Lipinski definition) is 0. The zero-order valence-corrected chi connectivity index (χ0v) is 11.9. The van der Waals surface area contributed by atoms with Crippen molar-refractivity contribution in [3.05, 3.63) is 77.9 Å². The highest BCUT2D eigenvalue weighted by Gasteiger charge is 2.04. The largest absolute Gasteiger partial charge is 0.0877 e. The van der Waals surface area contributed by atoms with Crippen LogP contribution < -0.4 is 0 Å². The minimum absolute atomic E-state index is 1.27. The molecule has 0 fully saturated rings. The highest BCUT2D eigenvalue weighted by molar-refractivity contribution is 6.10. The molecule has 0 aliphatic carbocycles. The fraction of sp³-hybridized carbons (Fsp3) is 0.100. The molecule has 3 aromatic rings. The van der Waals surface area contributed by atoms with Crippen LogP contribution >= 0.6 is 0 Å². The van der Waals surface area contributed by atoms with Crippen molar-refractivity contribution >= 4 is 27.6 Å². The van der Waals surface area contributed by atoms with Gasteiger partial charge in [-0.2, -0.15) is 0 Å². The van der Waals surface area contributed by atoms with Crippen molar-refractivity contribution in [2.45, 2.75) is 13.8 Å². The summed E-state index contributed by atoms with van der Waals surface area (Å²) in [6, 6.07) is 17.6. The van der Waals surface area contributed by atoms with E-state index in [9.17, 15) is 0 Å². The molecule has 0 unspecified atom stereocenters. The van der Waals surface area contributed by atoms with E-state index in [4.69, 9.17) is 0 Å². The predicted molar refractivity (Wildman–Crippen MR) is 90.0 cm³/mol. The van der Waals surface area contributed by atoms with Gasteiger partial charge in [-0.15, -0.1) is 0 Å². The second-order valence-electron chi connectivity index (χ2n) is 5.12. The normalized spacial score (nSPS) is 12.1. The molecule has 0 nitrogen and oxygen atoms in total. The molecule has 3 rings (SSSR count). The summed E-state index contributed by atoms with van der Waals surface area (Å²) < 4.78 is 0. The van der Waals surface area contributed by atoms with Crippen LogP contribution in [0.2, 0.25) is 0 Å². The van der Waals surface area contributed by atoms with Crippen molar-refractivity contribution in [1.82, 2.24) is 0 Å². The highest BCUT2D eigenvalue weighted by atomic mass is 14.1. The molecule has 0 heterocycles. The Hall–Kier alpha value is -2.34. The Kier molecular flexibility index (Phi) is 3.39. The van der Waals surface area contributed by atoms with Gasteiger partial charge in [-0.3, -0.25) is 0 Å². The van der Waals surface area contributed by atoms with Gasteiger partial charge in [0.2, 0.25) is 0 Å². The van der Waals surface area contributed by atoms with Crippen molar-refractivity contribution in [2.24, 2.45) is 0 Å². The Morgan fingerprint density at radius 1 is 0.800 bits per heavy atom. The minimum Gasteiger partial charge on any atom is -0.0877 e. The standard InChI is InChI=1S/C20H18/c1-3-4-5-8-16-14-17-13-15(2)11-12-19(17)20-10-7-6-9-18(16)20/h3-14H,1-2H3/b4-3-,8-5-. The number of fused-ring (bicyclic) bond motifs is 3. The lowest BCUT2D eigenvalue weighted by Gasteiger charge is -2.08. The molecule has 0 aliphatic rings. The molecular formula is C20H18. The third-order valence-corrected chi connectivity index (χ3v) is 3.63. The van der Waals surface area contributed by atoms with Gasteiger partial charge < -0.3 is 0 Å². The molecule has 0 aliphatic heterocycles. The predicted octanol–water partition coefficient (Wildman–Crippen LogP) is 5.89. The molecule has 3 aromatic carbocycles. The Balaban J connectivity index is 2.36. The first-order valence-corrected chi connectivity index (χ1v) is 7.01. The zero-order chi connectivity index (χ0) is 13.9. The van der Waals surface area contributed by atoms with Crippen LogP contribution in [0.4, 0.5) is 0 Å². The van der Waals surface area contributed by atoms with Gasteiger partial charge in [-0.05, 0) is 47.0 Å². The Morgan fingerprint density at radius 2 is 1.60 bits per heavy atom. The summed E-state index contributed by atoms with van der Waals surface area (Å²) in [6.45, 7) is 4.18. The molecule has 0 aromatic heterocycles. The second-order valence-corrected chi connectivity index (χ2v) is 5.12. The van der Waals surface area contributed by atoms with Crippen molar-refractivity contribution in [3.8, 4) is 0 Å². The molecule has 0 heteroatoms. The van der Waals surface area contributed by atoms with Gasteiger partial charge in [0.25, 0.3) is 0 Å². The van der Waals surface area contributed by atoms with Crippen molar-refractivity contribution in [2.75, 3.05) is 0 Å². The van der Waals surface area contributed by atoms with E-state index in [0.717, 1.165) is 0 Å². The molecule has 98 valence electrons. The van der Waals surface area contributed by atoms with E-state index in [-0.39, 0.29) is 0 Å². The quantitative estimate of drug-likeness (QED) is 0.397. The molecule has 0 saturated heterocycles. The summed E-state index contributed by atoms with van der Waals surface area (Å²) >= 11 is 0. The molecule has 20 heavy (non-hydrogen) atoms. The van der Waals surface area contributed by atoms with Gasteiger partial charge in [0.1, 0.15) is 0 Å². The first kappa shape index (κ1) is 12.7. The van der Waals surface area contributed by atoms with Gasteiger partial charge >= 0.3 is 0 Å². The van der Waals surface area contributed by atoms with Crippen molar-refractivity contribution < 1.29 is 0 Å². The number of rotatable bonds is 2. The summed E-state index contributed by atoms with van der Waals surface area (Å²) in [5, 5.41) is 5.27. The Labute approximate surface area is 120 Å². The first-order valence-electron chi connectivity index (χ1n) is 7.01. The molecule has 0 atom stereocenters. The molecule has 0 amide bonds. The highest BCUT2D eigenvalue weighted by Crippen LogP contribution is 2.30. The molecule has 0 radical (unpaired) electrons. The maximum absolute atomic E-state index is 2.28. The van der Waals surface area contributed by atoms with Crippen LogP contribution in [0.1, 0.15) is 18.1 Å². The van der Waals surface area contributed by atoms with Gasteiger partial charge in [-0.25, -0.2) is 0 Å². The van der Waals surface area contributed by atoms with Crippen LogP contribution in [0.3, 0.4) is 0 Å². The van der Waals surface area contributed by atoms with E-state index in [2.05, 4.69) is 73.7 Å². The summed E-state index contributed by atoms with van der Waals surface area (Å²) in [4.78, 5) is 0. The number of hydrogen-bond acceptors (Lipinski definition) is 0. The van der Waals surface area contributed by atoms with E-state index in [1.807, 2.05) is 13.0 Å².